The fourth-order valence-electron chi connectivity index (χ4n) is 3.34. The van der Waals surface area contributed by atoms with Gasteiger partial charge in [-0.3, -0.25) is 9.89 Å². The number of hydrogen-bond donors (Lipinski definition) is 1. The predicted octanol–water partition coefficient (Wildman–Crippen LogP) is 4.95. The van der Waals surface area contributed by atoms with E-state index in [1.165, 1.54) is 25.3 Å². The zero-order chi connectivity index (χ0) is 23.9. The number of benzene rings is 1. The molecule has 3 aromatic heterocycles. The predicted molar refractivity (Wildman–Crippen MR) is 115 cm³/mol. The molecule has 4 rings (SSSR count). The van der Waals surface area contributed by atoms with Crippen molar-refractivity contribution in [2.45, 2.75) is 13.1 Å². The highest BCUT2D eigenvalue weighted by Gasteiger charge is 2.38. The molecule has 3 heterocycles. The summed E-state index contributed by atoms with van der Waals surface area (Å²) in [7, 11) is 1.37. The Morgan fingerprint density at radius 2 is 1.97 bits per heavy atom. The minimum Gasteiger partial charge on any atom is -0.494 e. The number of aromatic nitrogens is 4. The highest BCUT2D eigenvalue weighted by molar-refractivity contribution is 6.32. The molecule has 0 radical (unpaired) electrons. The van der Waals surface area contributed by atoms with Gasteiger partial charge in [0.2, 0.25) is 5.89 Å². The third kappa shape index (κ3) is 3.76. The summed E-state index contributed by atoms with van der Waals surface area (Å²) < 4.78 is 52.8. The monoisotopic (exact) mass is 474 g/mol. The molecule has 1 aromatic carbocycles. The number of allylic oxidation sites excluding steroid dienone is 1. The molecule has 0 spiro atoms. The van der Waals surface area contributed by atoms with Crippen LogP contribution in [0.4, 0.5) is 13.2 Å². The number of nitrogens with zero attached hydrogens (tertiary/aromatic N) is 3. The second-order valence-corrected chi connectivity index (χ2v) is 7.13. The van der Waals surface area contributed by atoms with Crippen LogP contribution in [0.15, 0.2) is 45.6 Å². The van der Waals surface area contributed by atoms with Gasteiger partial charge in [0.1, 0.15) is 27.9 Å². The van der Waals surface area contributed by atoms with Crippen LogP contribution in [0.2, 0.25) is 5.15 Å². The summed E-state index contributed by atoms with van der Waals surface area (Å²) in [5.74, 6) is 2.49. The van der Waals surface area contributed by atoms with Gasteiger partial charge in [0.15, 0.2) is 11.4 Å². The Balaban J connectivity index is 2.01. The summed E-state index contributed by atoms with van der Waals surface area (Å²) in [6, 6.07) is 7.74. The number of fused-ring (bicyclic) bond motifs is 1. The highest BCUT2D eigenvalue weighted by atomic mass is 35.5. The van der Waals surface area contributed by atoms with E-state index in [0.717, 1.165) is 0 Å². The van der Waals surface area contributed by atoms with E-state index < -0.39 is 17.4 Å². The lowest BCUT2D eigenvalue weighted by Gasteiger charge is -2.07. The molecule has 0 aliphatic rings. The van der Waals surface area contributed by atoms with Gasteiger partial charge in [-0.2, -0.15) is 17.7 Å². The Morgan fingerprint density at radius 3 is 2.58 bits per heavy atom. The first-order valence-corrected chi connectivity index (χ1v) is 9.70. The number of aryl methyl sites for hydroxylation is 1. The minimum atomic E-state index is -4.79. The van der Waals surface area contributed by atoms with Crippen LogP contribution in [0, 0.1) is 19.3 Å². The van der Waals surface area contributed by atoms with Gasteiger partial charge >= 0.3 is 6.18 Å². The fourth-order valence-corrected chi connectivity index (χ4v) is 3.58. The molecule has 0 bridgehead atoms. The van der Waals surface area contributed by atoms with E-state index in [1.807, 2.05) is 0 Å². The van der Waals surface area contributed by atoms with E-state index >= 15 is 0 Å². The third-order valence-corrected chi connectivity index (χ3v) is 5.03. The van der Waals surface area contributed by atoms with Crippen LogP contribution in [-0.2, 0) is 10.9 Å². The number of H-pyrrole nitrogens is 1. The van der Waals surface area contributed by atoms with Crippen molar-refractivity contribution in [3.05, 3.63) is 69.1 Å². The SMILES string of the molecule is C#C/C=C(/OC)c1nc(-c2c(Cl)nc3c(-c4ccccc4)c(C(F)(F)F)[nH]n3c2=O)oc1C. The molecule has 33 heavy (non-hydrogen) atoms. The van der Waals surface area contributed by atoms with Crippen molar-refractivity contribution in [3.63, 3.8) is 0 Å². The minimum absolute atomic E-state index is 0.195. The van der Waals surface area contributed by atoms with Gasteiger partial charge in [0.25, 0.3) is 5.56 Å². The third-order valence-electron chi connectivity index (χ3n) is 4.76. The maximum Gasteiger partial charge on any atom is 0.433 e. The van der Waals surface area contributed by atoms with Crippen molar-refractivity contribution in [1.29, 1.82) is 0 Å². The lowest BCUT2D eigenvalue weighted by Crippen LogP contribution is -2.19. The summed E-state index contributed by atoms with van der Waals surface area (Å²) in [6.45, 7) is 1.55. The van der Waals surface area contributed by atoms with E-state index in [1.54, 1.807) is 25.1 Å². The molecule has 0 unspecified atom stereocenters. The summed E-state index contributed by atoms with van der Waals surface area (Å²) in [5, 5.41) is 1.73. The second kappa shape index (κ2) is 8.18. The van der Waals surface area contributed by atoms with Gasteiger partial charge in [-0.15, -0.1) is 6.42 Å². The molecule has 0 fully saturated rings. The van der Waals surface area contributed by atoms with Crippen molar-refractivity contribution >= 4 is 23.0 Å². The number of rotatable bonds is 4. The standard InChI is InChI=1S/C22H14ClF3N4O3/c1-4-8-13(32-3)16-11(2)33-20(27-16)15-18(23)28-19-14(12-9-6-5-7-10-12)17(22(24,25)26)29-30(19)21(15)31/h1,5-10,29H,2-3H3/b13-8+. The molecule has 1 N–H and O–H groups in total. The topological polar surface area (TPSA) is 85.4 Å². The van der Waals surface area contributed by atoms with Crippen LogP contribution in [-0.4, -0.2) is 26.7 Å². The van der Waals surface area contributed by atoms with Crippen molar-refractivity contribution in [2.75, 3.05) is 7.11 Å². The van der Waals surface area contributed by atoms with Crippen LogP contribution in [0.1, 0.15) is 17.1 Å². The summed E-state index contributed by atoms with van der Waals surface area (Å²) >= 11 is 6.26. The van der Waals surface area contributed by atoms with E-state index in [4.69, 9.17) is 27.2 Å². The second-order valence-electron chi connectivity index (χ2n) is 6.77. The fraction of sp³-hybridized carbons (Fsp3) is 0.136. The number of nitrogens with one attached hydrogen (secondary N) is 1. The smallest absolute Gasteiger partial charge is 0.433 e. The van der Waals surface area contributed by atoms with Gasteiger partial charge < -0.3 is 9.15 Å². The highest BCUT2D eigenvalue weighted by Crippen LogP contribution is 2.39. The van der Waals surface area contributed by atoms with E-state index in [0.29, 0.717) is 4.52 Å². The average molecular weight is 475 g/mol. The summed E-state index contributed by atoms with van der Waals surface area (Å²) in [5.41, 5.74) is -2.58. The Kier molecular flexibility index (Phi) is 5.51. The number of halogens is 4. The molecule has 168 valence electrons. The molecule has 0 amide bonds. The van der Waals surface area contributed by atoms with Gasteiger partial charge in [0, 0.05) is 6.08 Å². The van der Waals surface area contributed by atoms with Crippen LogP contribution in [0.5, 0.6) is 0 Å². The molecule has 11 heteroatoms. The number of aromatic amines is 1. The number of hydrogen-bond acceptors (Lipinski definition) is 5. The van der Waals surface area contributed by atoms with Crippen molar-refractivity contribution in [3.8, 4) is 34.9 Å². The van der Waals surface area contributed by atoms with Crippen LogP contribution in [0.3, 0.4) is 0 Å². The zero-order valence-electron chi connectivity index (χ0n) is 17.1. The molecule has 7 nitrogen and oxygen atoms in total. The molecular weight excluding hydrogens is 461 g/mol. The van der Waals surface area contributed by atoms with Crippen molar-refractivity contribution in [2.24, 2.45) is 0 Å². The van der Waals surface area contributed by atoms with Crippen LogP contribution >= 0.6 is 11.6 Å². The number of alkyl halides is 3. The molecule has 0 saturated heterocycles. The maximum absolute atomic E-state index is 13.8. The molecule has 0 saturated carbocycles. The molecule has 0 atom stereocenters. The zero-order valence-corrected chi connectivity index (χ0v) is 17.9. The quantitative estimate of drug-likeness (QED) is 0.257. The summed E-state index contributed by atoms with van der Waals surface area (Å²) in [6.07, 6.45) is 1.78. The number of methoxy groups -OCH3 is 1. The van der Waals surface area contributed by atoms with Gasteiger partial charge in [-0.25, -0.2) is 9.97 Å². The normalized spacial score (nSPS) is 12.2. The number of ether oxygens (including phenoxy) is 1. The maximum atomic E-state index is 13.8. The van der Waals surface area contributed by atoms with Crippen LogP contribution in [0.25, 0.3) is 34.0 Å². The Morgan fingerprint density at radius 1 is 1.27 bits per heavy atom. The lowest BCUT2D eigenvalue weighted by molar-refractivity contribution is -0.140. The largest absolute Gasteiger partial charge is 0.494 e. The van der Waals surface area contributed by atoms with Gasteiger partial charge in [0.05, 0.1) is 12.7 Å². The number of terminal acetylenes is 1. The van der Waals surface area contributed by atoms with Crippen molar-refractivity contribution < 1.29 is 22.3 Å². The van der Waals surface area contributed by atoms with E-state index in [-0.39, 0.29) is 50.6 Å². The van der Waals surface area contributed by atoms with E-state index in [2.05, 4.69) is 21.0 Å². The van der Waals surface area contributed by atoms with Gasteiger partial charge in [-0.1, -0.05) is 47.9 Å². The molecule has 0 aliphatic carbocycles. The molecule has 4 aromatic rings. The Labute approximate surface area is 189 Å². The van der Waals surface area contributed by atoms with Crippen LogP contribution < -0.4 is 5.56 Å². The first-order valence-electron chi connectivity index (χ1n) is 9.32. The first-order chi connectivity index (χ1) is 15.7. The van der Waals surface area contributed by atoms with Gasteiger partial charge in [-0.05, 0) is 12.5 Å². The Bertz CT molecular complexity index is 1490. The molecular formula is C22H14ClF3N4O3. The lowest BCUT2D eigenvalue weighted by atomic mass is 10.1. The average Bonchev–Trinajstić information content (AvgIpc) is 3.33. The first kappa shape index (κ1) is 22.2. The summed E-state index contributed by atoms with van der Waals surface area (Å²) in [4.78, 5) is 21.5. The Hall–Kier alpha value is -3.97. The molecule has 0 aliphatic heterocycles. The number of oxazole rings is 1. The van der Waals surface area contributed by atoms with E-state index in [9.17, 15) is 18.0 Å². The van der Waals surface area contributed by atoms with Crippen molar-refractivity contribution in [1.82, 2.24) is 19.6 Å².